The fourth-order valence-electron chi connectivity index (χ4n) is 1.45. The van der Waals surface area contributed by atoms with Crippen molar-refractivity contribution < 1.29 is 0 Å². The van der Waals surface area contributed by atoms with E-state index in [1.807, 2.05) is 18.2 Å². The summed E-state index contributed by atoms with van der Waals surface area (Å²) < 4.78 is 0. The molecule has 0 unspecified atom stereocenters. The van der Waals surface area contributed by atoms with Gasteiger partial charge >= 0.3 is 0 Å². The summed E-state index contributed by atoms with van der Waals surface area (Å²) in [6.07, 6.45) is 2.06. The van der Waals surface area contributed by atoms with E-state index >= 15 is 0 Å². The minimum absolute atomic E-state index is 0.341. The van der Waals surface area contributed by atoms with Crippen LogP contribution in [0.5, 0.6) is 0 Å². The van der Waals surface area contributed by atoms with E-state index in [-0.39, 0.29) is 0 Å². The van der Waals surface area contributed by atoms with Crippen molar-refractivity contribution in [3.63, 3.8) is 0 Å². The normalized spacial score (nSPS) is 10.0. The number of fused-ring (bicyclic) bond motifs is 1. The van der Waals surface area contributed by atoms with Gasteiger partial charge in [-0.3, -0.25) is 4.98 Å². The van der Waals surface area contributed by atoms with Gasteiger partial charge < -0.3 is 0 Å². The molecule has 1 aromatic heterocycles. The van der Waals surface area contributed by atoms with Crippen molar-refractivity contribution in [3.8, 4) is 6.07 Å². The van der Waals surface area contributed by atoms with Crippen LogP contribution >= 0.6 is 11.6 Å². The molecule has 0 bridgehead atoms. The molecule has 0 amide bonds. The van der Waals surface area contributed by atoms with Crippen LogP contribution in [-0.2, 0) is 6.42 Å². The molecule has 0 N–H and O–H groups in total. The minimum atomic E-state index is 0.341. The molecule has 0 spiro atoms. The third kappa shape index (κ3) is 1.55. The van der Waals surface area contributed by atoms with Crippen LogP contribution in [0.3, 0.4) is 0 Å². The van der Waals surface area contributed by atoms with Crippen LogP contribution in [0.25, 0.3) is 10.9 Å². The second-order valence-electron chi connectivity index (χ2n) is 2.97. The highest BCUT2D eigenvalue weighted by molar-refractivity contribution is 6.31. The molecule has 2 nitrogen and oxygen atoms in total. The van der Waals surface area contributed by atoms with Crippen LogP contribution in [0.2, 0.25) is 5.02 Å². The van der Waals surface area contributed by atoms with E-state index in [0.717, 1.165) is 16.5 Å². The first-order chi connectivity index (χ1) is 6.81. The molecule has 0 aliphatic heterocycles. The molecule has 1 heterocycles. The van der Waals surface area contributed by atoms with Crippen LogP contribution < -0.4 is 0 Å². The number of benzene rings is 1. The molecule has 1 aromatic carbocycles. The lowest BCUT2D eigenvalue weighted by molar-refractivity contribution is 1.26. The van der Waals surface area contributed by atoms with Crippen LogP contribution in [0.4, 0.5) is 0 Å². The zero-order valence-electron chi connectivity index (χ0n) is 7.37. The first kappa shape index (κ1) is 8.98. The molecule has 0 fully saturated rings. The molecular weight excluding hydrogens is 196 g/mol. The summed E-state index contributed by atoms with van der Waals surface area (Å²) in [5.41, 5.74) is 1.74. The Morgan fingerprint density at radius 3 is 3.07 bits per heavy atom. The fourth-order valence-corrected chi connectivity index (χ4v) is 1.70. The second kappa shape index (κ2) is 3.65. The Hall–Kier alpha value is -1.59. The summed E-state index contributed by atoms with van der Waals surface area (Å²) in [6, 6.07) is 9.54. The zero-order valence-corrected chi connectivity index (χ0v) is 8.12. The molecule has 2 rings (SSSR count). The molecular formula is C11H7ClN2. The minimum Gasteiger partial charge on any atom is -0.256 e. The lowest BCUT2D eigenvalue weighted by Gasteiger charge is -2.02. The van der Waals surface area contributed by atoms with E-state index in [1.165, 1.54) is 0 Å². The molecule has 0 aliphatic rings. The standard InChI is InChI=1S/C11H7ClN2/c12-10-6-8-2-1-5-14-11(8)9(7-10)3-4-13/h1-2,5-7H,3H2. The summed E-state index contributed by atoms with van der Waals surface area (Å²) in [4.78, 5) is 4.23. The number of halogens is 1. The van der Waals surface area contributed by atoms with Crippen molar-refractivity contribution in [1.82, 2.24) is 4.98 Å². The van der Waals surface area contributed by atoms with E-state index in [1.54, 1.807) is 12.3 Å². The topological polar surface area (TPSA) is 36.7 Å². The highest BCUT2D eigenvalue weighted by Crippen LogP contribution is 2.22. The highest BCUT2D eigenvalue weighted by atomic mass is 35.5. The van der Waals surface area contributed by atoms with E-state index in [4.69, 9.17) is 16.9 Å². The number of nitriles is 1. The summed E-state index contributed by atoms with van der Waals surface area (Å²) >= 11 is 5.92. The Kier molecular flexibility index (Phi) is 2.34. The van der Waals surface area contributed by atoms with Gasteiger partial charge in [0.25, 0.3) is 0 Å². The molecule has 0 saturated carbocycles. The first-order valence-electron chi connectivity index (χ1n) is 4.21. The van der Waals surface area contributed by atoms with Crippen LogP contribution in [-0.4, -0.2) is 4.98 Å². The number of hydrogen-bond acceptors (Lipinski definition) is 2. The van der Waals surface area contributed by atoms with Gasteiger partial charge in [0.2, 0.25) is 0 Å². The Labute approximate surface area is 86.8 Å². The maximum atomic E-state index is 8.65. The van der Waals surface area contributed by atoms with Crippen LogP contribution in [0.15, 0.2) is 30.5 Å². The van der Waals surface area contributed by atoms with E-state index < -0.39 is 0 Å². The monoisotopic (exact) mass is 202 g/mol. The largest absolute Gasteiger partial charge is 0.256 e. The van der Waals surface area contributed by atoms with Gasteiger partial charge in [-0.1, -0.05) is 17.7 Å². The number of aromatic nitrogens is 1. The van der Waals surface area contributed by atoms with Crippen molar-refractivity contribution in [3.05, 3.63) is 41.0 Å². The Bertz CT molecular complexity index is 514. The summed E-state index contributed by atoms with van der Waals surface area (Å²) in [6.45, 7) is 0. The van der Waals surface area contributed by atoms with E-state index in [2.05, 4.69) is 11.1 Å². The smallest absolute Gasteiger partial charge is 0.0745 e. The van der Waals surface area contributed by atoms with Crippen molar-refractivity contribution in [1.29, 1.82) is 5.26 Å². The van der Waals surface area contributed by atoms with Gasteiger partial charge in [-0.05, 0) is 23.8 Å². The Balaban J connectivity index is 2.74. The predicted octanol–water partition coefficient (Wildman–Crippen LogP) is 2.95. The van der Waals surface area contributed by atoms with Crippen molar-refractivity contribution >= 4 is 22.5 Å². The summed E-state index contributed by atoms with van der Waals surface area (Å²) in [5.74, 6) is 0. The predicted molar refractivity (Wildman–Crippen MR) is 56.1 cm³/mol. The lowest BCUT2D eigenvalue weighted by atomic mass is 10.1. The molecule has 0 aliphatic carbocycles. The average molecular weight is 203 g/mol. The van der Waals surface area contributed by atoms with Gasteiger partial charge in [-0.15, -0.1) is 0 Å². The molecule has 0 saturated heterocycles. The molecule has 68 valence electrons. The lowest BCUT2D eigenvalue weighted by Crippen LogP contribution is -1.87. The van der Waals surface area contributed by atoms with Gasteiger partial charge in [-0.25, -0.2) is 0 Å². The molecule has 2 aromatic rings. The number of pyridine rings is 1. The van der Waals surface area contributed by atoms with Crippen molar-refractivity contribution in [2.75, 3.05) is 0 Å². The molecule has 14 heavy (non-hydrogen) atoms. The van der Waals surface area contributed by atoms with Crippen molar-refractivity contribution in [2.45, 2.75) is 6.42 Å². The van der Waals surface area contributed by atoms with Gasteiger partial charge in [0, 0.05) is 16.6 Å². The fraction of sp³-hybridized carbons (Fsp3) is 0.0909. The van der Waals surface area contributed by atoms with E-state index in [0.29, 0.717) is 11.4 Å². The average Bonchev–Trinajstić information content (AvgIpc) is 2.18. The van der Waals surface area contributed by atoms with Gasteiger partial charge in [0.15, 0.2) is 0 Å². The summed E-state index contributed by atoms with van der Waals surface area (Å²) in [5, 5.41) is 10.3. The third-order valence-corrected chi connectivity index (χ3v) is 2.24. The van der Waals surface area contributed by atoms with Gasteiger partial charge in [0.05, 0.1) is 18.0 Å². The molecule has 0 radical (unpaired) electrons. The van der Waals surface area contributed by atoms with Gasteiger partial charge in [-0.2, -0.15) is 5.26 Å². The van der Waals surface area contributed by atoms with Crippen LogP contribution in [0.1, 0.15) is 5.56 Å². The van der Waals surface area contributed by atoms with Gasteiger partial charge in [0.1, 0.15) is 0 Å². The summed E-state index contributed by atoms with van der Waals surface area (Å²) in [7, 11) is 0. The number of rotatable bonds is 1. The maximum absolute atomic E-state index is 8.65. The van der Waals surface area contributed by atoms with Crippen LogP contribution in [0, 0.1) is 11.3 Å². The third-order valence-electron chi connectivity index (χ3n) is 2.02. The number of nitrogens with zero attached hydrogens (tertiary/aromatic N) is 2. The van der Waals surface area contributed by atoms with E-state index in [9.17, 15) is 0 Å². The molecule has 3 heteroatoms. The second-order valence-corrected chi connectivity index (χ2v) is 3.41. The maximum Gasteiger partial charge on any atom is 0.0745 e. The quantitative estimate of drug-likeness (QED) is 0.713. The Morgan fingerprint density at radius 1 is 1.43 bits per heavy atom. The highest BCUT2D eigenvalue weighted by Gasteiger charge is 2.03. The first-order valence-corrected chi connectivity index (χ1v) is 4.59. The Morgan fingerprint density at radius 2 is 2.29 bits per heavy atom. The SMILES string of the molecule is N#CCc1cc(Cl)cc2cccnc12. The zero-order chi connectivity index (χ0) is 9.97. The molecule has 0 atom stereocenters. The number of hydrogen-bond donors (Lipinski definition) is 0. The van der Waals surface area contributed by atoms with Crippen molar-refractivity contribution in [2.24, 2.45) is 0 Å².